The number of benzene rings is 2. The van der Waals surface area contributed by atoms with Crippen LogP contribution in [0.5, 0.6) is 0 Å². The summed E-state index contributed by atoms with van der Waals surface area (Å²) in [5, 5.41) is 11.5. The summed E-state index contributed by atoms with van der Waals surface area (Å²) in [5.74, 6) is -2.62. The molecule has 2 N–H and O–H groups in total. The number of hydrogen-bond acceptors (Lipinski definition) is 8. The predicted octanol–water partition coefficient (Wildman–Crippen LogP) is 1.27. The highest BCUT2D eigenvalue weighted by Crippen LogP contribution is 2.25. The molecule has 30 heavy (non-hydrogen) atoms. The number of esters is 1. The van der Waals surface area contributed by atoms with Crippen LogP contribution >= 0.6 is 11.6 Å². The molecular weight excluding hydrogens is 442 g/mol. The van der Waals surface area contributed by atoms with Gasteiger partial charge in [0.25, 0.3) is 17.5 Å². The van der Waals surface area contributed by atoms with E-state index >= 15 is 0 Å². The maximum Gasteiger partial charge on any atom is 0.338 e. The van der Waals surface area contributed by atoms with Gasteiger partial charge in [-0.15, -0.1) is 0 Å². The van der Waals surface area contributed by atoms with Crippen molar-refractivity contribution < 1.29 is 32.5 Å². The lowest BCUT2D eigenvalue weighted by molar-refractivity contribution is -0.387. The minimum absolute atomic E-state index is 0.218. The number of nitrogens with zero attached hydrogens (tertiary/aromatic N) is 1. The van der Waals surface area contributed by atoms with Gasteiger partial charge in [0.1, 0.15) is 4.90 Å². The number of ether oxygens (including phenoxy) is 1. The van der Waals surface area contributed by atoms with Gasteiger partial charge in [0.15, 0.2) is 16.4 Å². The Hall–Kier alpha value is -3.51. The number of halogens is 1. The fourth-order valence-corrected chi connectivity index (χ4v) is 3.11. The highest BCUT2D eigenvalue weighted by molar-refractivity contribution is 7.90. The Kier molecular flexibility index (Phi) is 7.08. The smallest absolute Gasteiger partial charge is 0.338 e. The largest absolute Gasteiger partial charge is 0.452 e. The summed E-state index contributed by atoms with van der Waals surface area (Å²) in [6.07, 6.45) is 0.788. The molecule has 0 spiro atoms. The molecule has 0 saturated heterocycles. The summed E-state index contributed by atoms with van der Waals surface area (Å²) in [6, 6.07) is 8.47. The van der Waals surface area contributed by atoms with Crippen LogP contribution in [0.4, 0.5) is 5.69 Å². The molecule has 0 bridgehead atoms. The van der Waals surface area contributed by atoms with Gasteiger partial charge in [-0.3, -0.25) is 30.6 Å². The first kappa shape index (κ1) is 22.8. The van der Waals surface area contributed by atoms with E-state index in [0.717, 1.165) is 24.5 Å². The number of amides is 2. The number of hydrazine groups is 1. The third kappa shape index (κ3) is 5.99. The number of rotatable bonds is 6. The molecule has 0 unspecified atom stereocenters. The maximum absolute atomic E-state index is 12.0. The second-order valence-electron chi connectivity index (χ2n) is 5.80. The minimum atomic E-state index is -3.89. The molecule has 0 atom stereocenters. The predicted molar refractivity (Wildman–Crippen MR) is 104 cm³/mol. The molecule has 0 aliphatic carbocycles. The summed E-state index contributed by atoms with van der Waals surface area (Å²) in [5.41, 5.74) is 3.22. The molecule has 0 saturated carbocycles. The van der Waals surface area contributed by atoms with Gasteiger partial charge in [-0.2, -0.15) is 0 Å². The fraction of sp³-hybridized carbons (Fsp3) is 0.118. The van der Waals surface area contributed by atoms with E-state index in [-0.39, 0.29) is 11.1 Å². The fourth-order valence-electron chi connectivity index (χ4n) is 2.15. The third-order valence-electron chi connectivity index (χ3n) is 3.55. The van der Waals surface area contributed by atoms with Crippen molar-refractivity contribution >= 4 is 44.9 Å². The molecule has 0 heterocycles. The monoisotopic (exact) mass is 455 g/mol. The molecule has 0 fully saturated rings. The van der Waals surface area contributed by atoms with E-state index in [2.05, 4.69) is 5.43 Å². The quantitative estimate of drug-likeness (QED) is 0.373. The average Bonchev–Trinajstić information content (AvgIpc) is 2.69. The average molecular weight is 456 g/mol. The first-order valence-electron chi connectivity index (χ1n) is 7.99. The van der Waals surface area contributed by atoms with E-state index in [1.165, 1.54) is 24.3 Å². The van der Waals surface area contributed by atoms with E-state index in [1.54, 1.807) is 0 Å². The number of carbonyl (C=O) groups is 3. The number of carbonyl (C=O) groups excluding carboxylic acids is 3. The van der Waals surface area contributed by atoms with Crippen molar-refractivity contribution in [1.82, 2.24) is 10.9 Å². The van der Waals surface area contributed by atoms with Crippen LogP contribution in [0.15, 0.2) is 47.4 Å². The van der Waals surface area contributed by atoms with Crippen molar-refractivity contribution in [3.8, 4) is 0 Å². The zero-order chi connectivity index (χ0) is 22.5. The van der Waals surface area contributed by atoms with Crippen LogP contribution in [-0.2, 0) is 19.4 Å². The van der Waals surface area contributed by atoms with Crippen molar-refractivity contribution in [3.63, 3.8) is 0 Å². The van der Waals surface area contributed by atoms with Crippen molar-refractivity contribution in [2.45, 2.75) is 4.90 Å². The van der Waals surface area contributed by atoms with E-state index < -0.39 is 49.7 Å². The van der Waals surface area contributed by atoms with Gasteiger partial charge in [0.05, 0.1) is 10.5 Å². The Morgan fingerprint density at radius 3 is 2.23 bits per heavy atom. The third-order valence-corrected chi connectivity index (χ3v) is 4.94. The summed E-state index contributed by atoms with van der Waals surface area (Å²) in [7, 11) is -3.89. The number of nitro groups is 1. The summed E-state index contributed by atoms with van der Waals surface area (Å²) in [6.45, 7) is -0.804. The number of hydrogen-bond donors (Lipinski definition) is 2. The first-order valence-corrected chi connectivity index (χ1v) is 10.3. The lowest BCUT2D eigenvalue weighted by Gasteiger charge is -2.09. The maximum atomic E-state index is 12.0. The van der Waals surface area contributed by atoms with Crippen LogP contribution in [0.2, 0.25) is 5.02 Å². The van der Waals surface area contributed by atoms with Crippen molar-refractivity contribution in [2.24, 2.45) is 0 Å². The van der Waals surface area contributed by atoms with Crippen molar-refractivity contribution in [1.29, 1.82) is 0 Å². The van der Waals surface area contributed by atoms with E-state index in [9.17, 15) is 32.9 Å². The Morgan fingerprint density at radius 1 is 1.07 bits per heavy atom. The Bertz CT molecular complexity index is 1120. The Labute approximate surface area is 175 Å². The molecule has 158 valence electrons. The molecule has 13 heteroatoms. The minimum Gasteiger partial charge on any atom is -0.452 e. The SMILES string of the molecule is CS(=O)(=O)c1ccc(C(=O)OCC(=O)NNC(=O)c2ccc(Cl)cc2)cc1[N+](=O)[O-]. The van der Waals surface area contributed by atoms with Gasteiger partial charge in [0, 0.05) is 22.9 Å². The topological polar surface area (TPSA) is 162 Å². The second kappa shape index (κ2) is 9.33. The highest BCUT2D eigenvalue weighted by atomic mass is 35.5. The molecule has 2 amide bonds. The van der Waals surface area contributed by atoms with Gasteiger partial charge >= 0.3 is 5.97 Å². The molecule has 2 aromatic carbocycles. The number of nitro benzene ring substituents is 1. The van der Waals surface area contributed by atoms with Crippen LogP contribution in [0.1, 0.15) is 20.7 Å². The van der Waals surface area contributed by atoms with Gasteiger partial charge in [-0.1, -0.05) is 11.6 Å². The van der Waals surface area contributed by atoms with Crippen LogP contribution in [0.25, 0.3) is 0 Å². The highest BCUT2D eigenvalue weighted by Gasteiger charge is 2.24. The van der Waals surface area contributed by atoms with E-state index in [0.29, 0.717) is 5.02 Å². The molecule has 2 rings (SSSR count). The Morgan fingerprint density at radius 2 is 1.67 bits per heavy atom. The lowest BCUT2D eigenvalue weighted by atomic mass is 10.2. The van der Waals surface area contributed by atoms with E-state index in [1.807, 2.05) is 5.43 Å². The standard InChI is InChI=1S/C17H14ClN3O8S/c1-30(27,28)14-7-4-11(8-13(14)21(25)26)17(24)29-9-15(22)19-20-16(23)10-2-5-12(18)6-3-10/h2-8H,9H2,1H3,(H,19,22)(H,20,23). The zero-order valence-corrected chi connectivity index (χ0v) is 16.8. The van der Waals surface area contributed by atoms with Gasteiger partial charge in [-0.05, 0) is 36.4 Å². The molecular formula is C17H14ClN3O8S. The molecule has 11 nitrogen and oxygen atoms in total. The van der Waals surface area contributed by atoms with E-state index in [4.69, 9.17) is 16.3 Å². The van der Waals surface area contributed by atoms with Crippen LogP contribution in [0, 0.1) is 10.1 Å². The first-order chi connectivity index (χ1) is 14.0. The summed E-state index contributed by atoms with van der Waals surface area (Å²) in [4.78, 5) is 45.1. The number of nitrogens with one attached hydrogen (secondary N) is 2. The number of sulfone groups is 1. The molecule has 0 aliphatic heterocycles. The van der Waals surface area contributed by atoms with Gasteiger partial charge < -0.3 is 4.74 Å². The Balaban J connectivity index is 1.95. The lowest BCUT2D eigenvalue weighted by Crippen LogP contribution is -2.43. The molecule has 0 aromatic heterocycles. The molecule has 0 radical (unpaired) electrons. The van der Waals surface area contributed by atoms with Crippen LogP contribution in [0.3, 0.4) is 0 Å². The van der Waals surface area contributed by atoms with Gasteiger partial charge in [0.2, 0.25) is 0 Å². The van der Waals surface area contributed by atoms with Crippen LogP contribution in [-0.4, -0.2) is 44.0 Å². The van der Waals surface area contributed by atoms with Crippen molar-refractivity contribution in [2.75, 3.05) is 12.9 Å². The normalized spacial score (nSPS) is 10.7. The summed E-state index contributed by atoms with van der Waals surface area (Å²) >= 11 is 5.71. The molecule has 0 aliphatic rings. The summed E-state index contributed by atoms with van der Waals surface area (Å²) < 4.78 is 27.9. The van der Waals surface area contributed by atoms with Gasteiger partial charge in [-0.25, -0.2) is 13.2 Å². The van der Waals surface area contributed by atoms with Crippen LogP contribution < -0.4 is 10.9 Å². The van der Waals surface area contributed by atoms with Crippen molar-refractivity contribution in [3.05, 3.63) is 68.7 Å². The second-order valence-corrected chi connectivity index (χ2v) is 8.22. The molecule has 2 aromatic rings. The zero-order valence-electron chi connectivity index (χ0n) is 15.2.